The second kappa shape index (κ2) is 9.05. The maximum atomic E-state index is 12.0. The van der Waals surface area contributed by atoms with Crippen LogP contribution in [-0.4, -0.2) is 40.7 Å². The molecule has 0 spiro atoms. The molecule has 2 amide bonds. The molecule has 0 aromatic carbocycles. The predicted molar refractivity (Wildman–Crippen MR) is 105 cm³/mol. The van der Waals surface area contributed by atoms with Gasteiger partial charge in [0, 0.05) is 31.4 Å². The van der Waals surface area contributed by atoms with E-state index in [1.54, 1.807) is 6.20 Å². The molecule has 0 aliphatic rings. The van der Waals surface area contributed by atoms with Gasteiger partial charge < -0.3 is 10.1 Å². The van der Waals surface area contributed by atoms with E-state index in [0.717, 1.165) is 28.5 Å². The van der Waals surface area contributed by atoms with E-state index in [1.807, 2.05) is 19.9 Å². The van der Waals surface area contributed by atoms with Gasteiger partial charge in [0.25, 0.3) is 0 Å². The monoisotopic (exact) mass is 377 g/mol. The number of anilines is 1. The number of hydrogen-bond acceptors (Lipinski definition) is 6. The van der Waals surface area contributed by atoms with Crippen molar-refractivity contribution in [3.63, 3.8) is 0 Å². The molecule has 0 fully saturated rings. The molecule has 2 aromatic rings. The number of thiazole rings is 1. The van der Waals surface area contributed by atoms with Crippen LogP contribution in [0.4, 0.5) is 9.93 Å². The summed E-state index contributed by atoms with van der Waals surface area (Å²) in [7, 11) is 0. The summed E-state index contributed by atoms with van der Waals surface area (Å²) in [4.78, 5) is 26.4. The van der Waals surface area contributed by atoms with Gasteiger partial charge >= 0.3 is 6.03 Å². The minimum atomic E-state index is -0.264. The number of carbonyl (C=O) groups excluding carboxylic acids is 1. The molecule has 0 atom stereocenters. The molecule has 142 valence electrons. The summed E-state index contributed by atoms with van der Waals surface area (Å²) in [6.07, 6.45) is 2.54. The van der Waals surface area contributed by atoms with Crippen molar-refractivity contribution in [1.29, 1.82) is 0 Å². The third-order valence-electron chi connectivity index (χ3n) is 3.53. The predicted octanol–water partition coefficient (Wildman–Crippen LogP) is 3.75. The Bertz CT molecular complexity index is 739. The molecule has 0 bridgehead atoms. The zero-order chi connectivity index (χ0) is 19.2. The Hall–Kier alpha value is -2.06. The zero-order valence-electron chi connectivity index (χ0n) is 16.0. The van der Waals surface area contributed by atoms with Gasteiger partial charge in [-0.05, 0) is 26.3 Å². The van der Waals surface area contributed by atoms with Crippen LogP contribution in [-0.2, 0) is 10.2 Å². The fourth-order valence-corrected chi connectivity index (χ4v) is 3.13. The molecule has 2 aromatic heterocycles. The first-order valence-corrected chi connectivity index (χ1v) is 9.57. The van der Waals surface area contributed by atoms with Gasteiger partial charge in [0.2, 0.25) is 0 Å². The number of carbonyl (C=O) groups is 1. The summed E-state index contributed by atoms with van der Waals surface area (Å²) in [5.41, 5.74) is 1.53. The van der Waals surface area contributed by atoms with Gasteiger partial charge in [-0.3, -0.25) is 5.32 Å². The van der Waals surface area contributed by atoms with Crippen molar-refractivity contribution < 1.29 is 9.53 Å². The van der Waals surface area contributed by atoms with Crippen LogP contribution in [0, 0.1) is 6.92 Å². The lowest BCUT2D eigenvalue weighted by Crippen LogP contribution is -2.30. The van der Waals surface area contributed by atoms with Crippen LogP contribution in [0.25, 0.3) is 10.6 Å². The van der Waals surface area contributed by atoms with E-state index in [0.29, 0.717) is 24.9 Å². The van der Waals surface area contributed by atoms with Crippen molar-refractivity contribution in [1.82, 2.24) is 20.3 Å². The highest BCUT2D eigenvalue weighted by Gasteiger charge is 2.19. The Morgan fingerprint density at radius 3 is 2.77 bits per heavy atom. The van der Waals surface area contributed by atoms with Gasteiger partial charge in [0.05, 0.1) is 16.3 Å². The van der Waals surface area contributed by atoms with Crippen molar-refractivity contribution in [3.05, 3.63) is 23.8 Å². The lowest BCUT2D eigenvalue weighted by molar-refractivity contribution is 0.145. The molecule has 8 heteroatoms. The lowest BCUT2D eigenvalue weighted by Gasteiger charge is -2.16. The largest absolute Gasteiger partial charge is 0.382 e. The number of rotatable bonds is 7. The first kappa shape index (κ1) is 20.3. The molecule has 0 saturated carbocycles. The fourth-order valence-electron chi connectivity index (χ4n) is 2.20. The van der Waals surface area contributed by atoms with Crippen LogP contribution in [0.1, 0.15) is 45.6 Å². The van der Waals surface area contributed by atoms with Gasteiger partial charge in [-0.1, -0.05) is 32.1 Å². The van der Waals surface area contributed by atoms with E-state index in [4.69, 9.17) is 4.74 Å². The van der Waals surface area contributed by atoms with Gasteiger partial charge in [0.15, 0.2) is 5.13 Å². The maximum Gasteiger partial charge on any atom is 0.321 e. The first-order valence-electron chi connectivity index (χ1n) is 8.75. The summed E-state index contributed by atoms with van der Waals surface area (Å²) < 4.78 is 5.24. The second-order valence-electron chi connectivity index (χ2n) is 6.88. The highest BCUT2D eigenvalue weighted by molar-refractivity contribution is 7.19. The molecular formula is C18H27N5O2S. The third kappa shape index (κ3) is 5.74. The van der Waals surface area contributed by atoms with E-state index in [1.165, 1.54) is 11.3 Å². The normalized spacial score (nSPS) is 11.4. The van der Waals surface area contributed by atoms with Gasteiger partial charge in [-0.2, -0.15) is 0 Å². The highest BCUT2D eigenvalue weighted by Crippen LogP contribution is 2.32. The van der Waals surface area contributed by atoms with Crippen LogP contribution < -0.4 is 10.6 Å². The molecule has 0 saturated heterocycles. The highest BCUT2D eigenvalue weighted by atomic mass is 32.1. The summed E-state index contributed by atoms with van der Waals surface area (Å²) in [6, 6.07) is 1.60. The molecular weight excluding hydrogens is 350 g/mol. The number of aromatic nitrogens is 3. The molecule has 2 heterocycles. The van der Waals surface area contributed by atoms with Crippen LogP contribution >= 0.6 is 11.3 Å². The van der Waals surface area contributed by atoms with Crippen LogP contribution in [0.15, 0.2) is 12.3 Å². The third-order valence-corrected chi connectivity index (χ3v) is 4.63. The summed E-state index contributed by atoms with van der Waals surface area (Å²) >= 11 is 1.41. The number of amides is 2. The van der Waals surface area contributed by atoms with Crippen LogP contribution in [0.3, 0.4) is 0 Å². The van der Waals surface area contributed by atoms with Crippen molar-refractivity contribution >= 4 is 22.5 Å². The first-order chi connectivity index (χ1) is 12.3. The van der Waals surface area contributed by atoms with Crippen molar-refractivity contribution in [2.75, 3.05) is 25.1 Å². The molecule has 0 aliphatic carbocycles. The average Bonchev–Trinajstić information content (AvgIpc) is 2.94. The van der Waals surface area contributed by atoms with Crippen molar-refractivity contribution in [2.24, 2.45) is 0 Å². The molecule has 7 nitrogen and oxygen atoms in total. The molecule has 0 radical (unpaired) electrons. The number of urea groups is 1. The van der Waals surface area contributed by atoms with E-state index in [-0.39, 0.29) is 11.4 Å². The van der Waals surface area contributed by atoms with E-state index >= 15 is 0 Å². The Morgan fingerprint density at radius 2 is 2.08 bits per heavy atom. The minimum Gasteiger partial charge on any atom is -0.382 e. The molecule has 26 heavy (non-hydrogen) atoms. The second-order valence-corrected chi connectivity index (χ2v) is 7.88. The summed E-state index contributed by atoms with van der Waals surface area (Å²) in [5.74, 6) is 0.782. The van der Waals surface area contributed by atoms with Crippen LogP contribution in [0.2, 0.25) is 0 Å². The lowest BCUT2D eigenvalue weighted by atomic mass is 9.95. The van der Waals surface area contributed by atoms with E-state index in [2.05, 4.69) is 46.4 Å². The summed E-state index contributed by atoms with van der Waals surface area (Å²) in [5, 5.41) is 6.13. The Kier molecular flexibility index (Phi) is 7.05. The van der Waals surface area contributed by atoms with E-state index < -0.39 is 0 Å². The van der Waals surface area contributed by atoms with Gasteiger partial charge in [-0.25, -0.2) is 19.7 Å². The van der Waals surface area contributed by atoms with Gasteiger partial charge in [0.1, 0.15) is 5.82 Å². The number of aryl methyl sites for hydroxylation is 1. The fraction of sp³-hybridized carbons (Fsp3) is 0.556. The Labute approximate surface area is 158 Å². The smallest absolute Gasteiger partial charge is 0.321 e. The molecule has 2 N–H and O–H groups in total. The number of hydrogen-bond donors (Lipinski definition) is 2. The van der Waals surface area contributed by atoms with Crippen LogP contribution in [0.5, 0.6) is 0 Å². The minimum absolute atomic E-state index is 0.128. The van der Waals surface area contributed by atoms with Gasteiger partial charge in [-0.15, -0.1) is 0 Å². The van der Waals surface area contributed by atoms with Crippen molar-refractivity contribution in [2.45, 2.75) is 46.5 Å². The SMILES string of the molecule is CCOCCCNC(=O)Nc1nc(C)c(-c2ccnc(C(C)(C)C)n2)s1. The Balaban J connectivity index is 2.02. The number of nitrogens with one attached hydrogen (secondary N) is 2. The topological polar surface area (TPSA) is 89.0 Å². The molecule has 0 unspecified atom stereocenters. The van der Waals surface area contributed by atoms with E-state index in [9.17, 15) is 4.79 Å². The number of ether oxygens (including phenoxy) is 1. The quantitative estimate of drug-likeness (QED) is 0.717. The Morgan fingerprint density at radius 1 is 1.31 bits per heavy atom. The summed E-state index contributed by atoms with van der Waals surface area (Å²) in [6.45, 7) is 12.0. The molecule has 0 aliphatic heterocycles. The van der Waals surface area contributed by atoms with Crippen molar-refractivity contribution in [3.8, 4) is 10.6 Å². The standard InChI is InChI=1S/C18H27N5O2S/c1-6-25-11-7-9-20-16(24)23-17-21-12(2)14(26-17)13-8-10-19-15(22-13)18(3,4)5/h8,10H,6-7,9,11H2,1-5H3,(H2,20,21,23,24). The zero-order valence-corrected chi connectivity index (χ0v) is 16.9. The number of nitrogens with zero attached hydrogens (tertiary/aromatic N) is 3. The average molecular weight is 378 g/mol. The molecule has 2 rings (SSSR count). The maximum absolute atomic E-state index is 12.0.